The number of esters is 1. The third-order valence-corrected chi connectivity index (χ3v) is 5.67. The lowest BCUT2D eigenvalue weighted by molar-refractivity contribution is -0.120. The van der Waals surface area contributed by atoms with Crippen LogP contribution in [0.15, 0.2) is 77.5 Å². The summed E-state index contributed by atoms with van der Waals surface area (Å²) in [6.45, 7) is 1.78. The topological polar surface area (TPSA) is 84.9 Å². The number of benzene rings is 3. The van der Waals surface area contributed by atoms with Gasteiger partial charge in [-0.25, -0.2) is 9.69 Å². The maximum absolute atomic E-state index is 13.0. The second-order valence-electron chi connectivity index (χ2n) is 7.31. The second kappa shape index (κ2) is 9.59. The largest absolute Gasteiger partial charge is 0.495 e. The minimum absolute atomic E-state index is 0.0790. The Bertz CT molecular complexity index is 1340. The molecule has 1 N–H and O–H groups in total. The minimum atomic E-state index is -0.669. The molecule has 0 radical (unpaired) electrons. The maximum atomic E-state index is 13.0. The lowest BCUT2D eigenvalue weighted by atomic mass is 10.2. The Morgan fingerprint density at radius 2 is 1.62 bits per heavy atom. The molecule has 1 aliphatic heterocycles. The second-order valence-corrected chi connectivity index (χ2v) is 8.12. The molecule has 34 heavy (non-hydrogen) atoms. The summed E-state index contributed by atoms with van der Waals surface area (Å²) in [5.41, 5.74) is 1.68. The molecule has 1 aliphatic rings. The number of amides is 2. The molecule has 0 saturated carbocycles. The number of anilines is 2. The number of aryl methyl sites for hydroxylation is 1. The number of halogens is 2. The molecule has 0 saturated heterocycles. The Kier molecular flexibility index (Phi) is 6.58. The number of imide groups is 1. The first-order chi connectivity index (χ1) is 16.3. The number of ether oxygens (including phenoxy) is 2. The fourth-order valence-corrected chi connectivity index (χ4v) is 3.80. The van der Waals surface area contributed by atoms with Crippen molar-refractivity contribution in [1.82, 2.24) is 0 Å². The van der Waals surface area contributed by atoms with Gasteiger partial charge in [0, 0.05) is 10.7 Å². The molecule has 0 aromatic heterocycles. The van der Waals surface area contributed by atoms with E-state index in [1.165, 1.54) is 19.2 Å². The van der Waals surface area contributed by atoms with Crippen LogP contribution in [0, 0.1) is 6.92 Å². The molecular formula is C25H18Cl2N2O5. The van der Waals surface area contributed by atoms with Crippen LogP contribution < -0.4 is 19.7 Å². The quantitative estimate of drug-likeness (QED) is 0.282. The number of carbonyl (C=O) groups excluding carboxylic acids is 3. The molecule has 0 bridgehead atoms. The van der Waals surface area contributed by atoms with Gasteiger partial charge in [0.2, 0.25) is 0 Å². The van der Waals surface area contributed by atoms with Gasteiger partial charge in [0.25, 0.3) is 11.8 Å². The van der Waals surface area contributed by atoms with Crippen LogP contribution in [-0.4, -0.2) is 24.9 Å². The zero-order valence-electron chi connectivity index (χ0n) is 18.1. The van der Waals surface area contributed by atoms with Crippen molar-refractivity contribution in [3.05, 3.63) is 93.6 Å². The number of hydrogen-bond acceptors (Lipinski definition) is 6. The van der Waals surface area contributed by atoms with E-state index in [-0.39, 0.29) is 16.4 Å². The zero-order valence-corrected chi connectivity index (χ0v) is 19.6. The number of hydrogen-bond donors (Lipinski definition) is 1. The summed E-state index contributed by atoms with van der Waals surface area (Å²) < 4.78 is 10.7. The number of rotatable bonds is 6. The highest BCUT2D eigenvalue weighted by Gasteiger charge is 2.40. The standard InChI is InChI=1S/C25H18Cl2N2O5/c1-14-13-16(26)9-12-19(14)34-25(32)15-7-10-17(11-8-15)28-22-21(27)23(30)29(24(22)31)18-5-3-4-6-20(18)33-2/h3-13,28H,1-2H3. The van der Waals surface area contributed by atoms with E-state index in [1.807, 2.05) is 0 Å². The van der Waals surface area contributed by atoms with Crippen molar-refractivity contribution in [3.8, 4) is 11.5 Å². The average Bonchev–Trinajstić information content (AvgIpc) is 3.04. The van der Waals surface area contributed by atoms with Crippen molar-refractivity contribution in [2.45, 2.75) is 6.92 Å². The maximum Gasteiger partial charge on any atom is 0.343 e. The third kappa shape index (κ3) is 4.48. The highest BCUT2D eigenvalue weighted by atomic mass is 35.5. The first-order valence-electron chi connectivity index (χ1n) is 10.1. The summed E-state index contributed by atoms with van der Waals surface area (Å²) in [5.74, 6) is -1.09. The lowest BCUT2D eigenvalue weighted by Crippen LogP contribution is -2.32. The molecule has 0 aliphatic carbocycles. The molecule has 9 heteroatoms. The van der Waals surface area contributed by atoms with Crippen molar-refractivity contribution in [2.24, 2.45) is 0 Å². The van der Waals surface area contributed by atoms with Crippen LogP contribution >= 0.6 is 23.2 Å². The summed E-state index contributed by atoms with van der Waals surface area (Å²) in [6.07, 6.45) is 0. The van der Waals surface area contributed by atoms with Gasteiger partial charge in [-0.1, -0.05) is 35.3 Å². The van der Waals surface area contributed by atoms with Crippen LogP contribution in [0.1, 0.15) is 15.9 Å². The van der Waals surface area contributed by atoms with Gasteiger partial charge < -0.3 is 14.8 Å². The van der Waals surface area contributed by atoms with Crippen LogP contribution in [0.3, 0.4) is 0 Å². The van der Waals surface area contributed by atoms with E-state index in [2.05, 4.69) is 5.32 Å². The van der Waals surface area contributed by atoms with Crippen LogP contribution in [-0.2, 0) is 9.59 Å². The van der Waals surface area contributed by atoms with Gasteiger partial charge in [-0.3, -0.25) is 9.59 Å². The Morgan fingerprint density at radius 3 is 2.29 bits per heavy atom. The van der Waals surface area contributed by atoms with Crippen molar-refractivity contribution in [1.29, 1.82) is 0 Å². The van der Waals surface area contributed by atoms with Gasteiger partial charge in [0.1, 0.15) is 22.2 Å². The smallest absolute Gasteiger partial charge is 0.343 e. The molecule has 0 fully saturated rings. The van der Waals surface area contributed by atoms with Gasteiger partial charge in [0.15, 0.2) is 0 Å². The van der Waals surface area contributed by atoms with Gasteiger partial charge in [-0.15, -0.1) is 0 Å². The van der Waals surface area contributed by atoms with Crippen LogP contribution in [0.25, 0.3) is 0 Å². The average molecular weight is 497 g/mol. The van der Waals surface area contributed by atoms with Crippen molar-refractivity contribution in [3.63, 3.8) is 0 Å². The Hall–Kier alpha value is -3.81. The van der Waals surface area contributed by atoms with Crippen LogP contribution in [0.2, 0.25) is 5.02 Å². The predicted molar refractivity (Wildman–Crippen MR) is 130 cm³/mol. The summed E-state index contributed by atoms with van der Waals surface area (Å²) in [4.78, 5) is 39.1. The monoisotopic (exact) mass is 496 g/mol. The Balaban J connectivity index is 1.50. The molecule has 172 valence electrons. The predicted octanol–water partition coefficient (Wildman–Crippen LogP) is 5.31. The highest BCUT2D eigenvalue weighted by Crippen LogP contribution is 2.35. The molecular weight excluding hydrogens is 479 g/mol. The molecule has 3 aromatic rings. The number of methoxy groups -OCH3 is 1. The van der Waals surface area contributed by atoms with E-state index in [0.717, 1.165) is 10.5 Å². The number of para-hydroxylation sites is 2. The summed E-state index contributed by atoms with van der Waals surface area (Å²) in [5, 5.41) is 3.16. The van der Waals surface area contributed by atoms with Gasteiger partial charge in [-0.05, 0) is 67.1 Å². The van der Waals surface area contributed by atoms with Gasteiger partial charge >= 0.3 is 5.97 Å². The number of nitrogens with zero attached hydrogens (tertiary/aromatic N) is 1. The van der Waals surface area contributed by atoms with E-state index < -0.39 is 17.8 Å². The summed E-state index contributed by atoms with van der Waals surface area (Å²) in [7, 11) is 1.44. The fourth-order valence-electron chi connectivity index (χ4n) is 3.36. The normalized spacial score (nSPS) is 13.4. The SMILES string of the molecule is COc1ccccc1N1C(=O)C(Cl)=C(Nc2ccc(C(=O)Oc3ccc(Cl)cc3C)cc2)C1=O. The Morgan fingerprint density at radius 1 is 0.912 bits per heavy atom. The van der Waals surface area contributed by atoms with E-state index in [1.54, 1.807) is 61.5 Å². The van der Waals surface area contributed by atoms with Crippen LogP contribution in [0.4, 0.5) is 11.4 Å². The van der Waals surface area contributed by atoms with Crippen molar-refractivity contribution >= 4 is 52.4 Å². The molecule has 0 atom stereocenters. The third-order valence-electron chi connectivity index (χ3n) is 5.08. The van der Waals surface area contributed by atoms with Crippen LogP contribution in [0.5, 0.6) is 11.5 Å². The lowest BCUT2D eigenvalue weighted by Gasteiger charge is -2.17. The number of nitrogens with one attached hydrogen (secondary N) is 1. The molecule has 0 spiro atoms. The van der Waals surface area contributed by atoms with Gasteiger partial charge in [0.05, 0.1) is 18.4 Å². The molecule has 3 aromatic carbocycles. The Labute approximate surface area is 205 Å². The molecule has 1 heterocycles. The highest BCUT2D eigenvalue weighted by molar-refractivity contribution is 6.53. The van der Waals surface area contributed by atoms with E-state index in [9.17, 15) is 14.4 Å². The zero-order chi connectivity index (χ0) is 24.4. The van der Waals surface area contributed by atoms with Crippen molar-refractivity contribution in [2.75, 3.05) is 17.3 Å². The first-order valence-corrected chi connectivity index (χ1v) is 10.8. The molecule has 4 rings (SSSR count). The summed E-state index contributed by atoms with van der Waals surface area (Å²) in [6, 6.07) is 17.8. The van der Waals surface area contributed by atoms with Crippen molar-refractivity contribution < 1.29 is 23.9 Å². The van der Waals surface area contributed by atoms with Gasteiger partial charge in [-0.2, -0.15) is 0 Å². The fraction of sp³-hybridized carbons (Fsp3) is 0.0800. The molecule has 7 nitrogen and oxygen atoms in total. The van der Waals surface area contributed by atoms with E-state index >= 15 is 0 Å². The molecule has 0 unspecified atom stereocenters. The minimum Gasteiger partial charge on any atom is -0.495 e. The van der Waals surface area contributed by atoms with E-state index in [4.69, 9.17) is 32.7 Å². The number of carbonyl (C=O) groups is 3. The summed E-state index contributed by atoms with van der Waals surface area (Å²) >= 11 is 12.1. The molecule has 2 amide bonds. The first kappa shape index (κ1) is 23.4. The van der Waals surface area contributed by atoms with E-state index in [0.29, 0.717) is 27.8 Å².